The van der Waals surface area contributed by atoms with Crippen molar-refractivity contribution in [2.24, 2.45) is 0 Å². The van der Waals surface area contributed by atoms with Gasteiger partial charge in [0.1, 0.15) is 0 Å². The second kappa shape index (κ2) is 13.3. The Morgan fingerprint density at radius 2 is 1.53 bits per heavy atom. The summed E-state index contributed by atoms with van der Waals surface area (Å²) in [5.74, 6) is 0.0433. The molecule has 0 unspecified atom stereocenters. The van der Waals surface area contributed by atoms with Crippen LogP contribution < -0.4 is 5.32 Å². The van der Waals surface area contributed by atoms with Crippen LogP contribution in [0.15, 0.2) is 12.2 Å². The SMILES string of the molecule is CCCCCCCCCC/C=C/CNC(C)=O. The number of rotatable bonds is 11. The summed E-state index contributed by atoms with van der Waals surface area (Å²) in [5.41, 5.74) is 0. The van der Waals surface area contributed by atoms with Crippen LogP contribution in [0.5, 0.6) is 0 Å². The van der Waals surface area contributed by atoms with Crippen LogP contribution in [0.1, 0.15) is 71.6 Å². The smallest absolute Gasteiger partial charge is 0.217 e. The summed E-state index contributed by atoms with van der Waals surface area (Å²) in [6, 6.07) is 0. The fourth-order valence-corrected chi connectivity index (χ4v) is 1.80. The first-order valence-corrected chi connectivity index (χ1v) is 7.16. The summed E-state index contributed by atoms with van der Waals surface area (Å²) in [6.45, 7) is 4.48. The van der Waals surface area contributed by atoms with Crippen LogP contribution in [0.2, 0.25) is 0 Å². The Labute approximate surface area is 107 Å². The molecule has 0 aliphatic carbocycles. The first-order chi connectivity index (χ1) is 8.27. The second-order valence-electron chi connectivity index (χ2n) is 4.67. The number of carbonyl (C=O) groups is 1. The largest absolute Gasteiger partial charge is 0.353 e. The number of hydrogen-bond acceptors (Lipinski definition) is 1. The topological polar surface area (TPSA) is 29.1 Å². The van der Waals surface area contributed by atoms with Gasteiger partial charge in [-0.1, -0.05) is 64.0 Å². The molecule has 0 bridgehead atoms. The molecule has 100 valence electrons. The van der Waals surface area contributed by atoms with Crippen LogP contribution in [0, 0.1) is 0 Å². The average molecular weight is 239 g/mol. The zero-order valence-corrected chi connectivity index (χ0v) is 11.6. The molecule has 0 spiro atoms. The molecular weight excluding hydrogens is 210 g/mol. The van der Waals surface area contributed by atoms with Crippen molar-refractivity contribution >= 4 is 5.91 Å². The van der Waals surface area contributed by atoms with Gasteiger partial charge >= 0.3 is 0 Å². The highest BCUT2D eigenvalue weighted by atomic mass is 16.1. The van der Waals surface area contributed by atoms with E-state index in [2.05, 4.69) is 18.3 Å². The van der Waals surface area contributed by atoms with Gasteiger partial charge in [-0.3, -0.25) is 4.79 Å². The van der Waals surface area contributed by atoms with E-state index in [0.29, 0.717) is 6.54 Å². The monoisotopic (exact) mass is 239 g/mol. The molecule has 0 saturated carbocycles. The van der Waals surface area contributed by atoms with Crippen LogP contribution >= 0.6 is 0 Å². The van der Waals surface area contributed by atoms with Crippen molar-refractivity contribution in [3.8, 4) is 0 Å². The van der Waals surface area contributed by atoms with Gasteiger partial charge in [-0.05, 0) is 12.8 Å². The van der Waals surface area contributed by atoms with Crippen LogP contribution in [0.25, 0.3) is 0 Å². The highest BCUT2D eigenvalue weighted by molar-refractivity contribution is 5.72. The molecule has 1 N–H and O–H groups in total. The maximum atomic E-state index is 10.6. The van der Waals surface area contributed by atoms with Crippen molar-refractivity contribution in [2.75, 3.05) is 6.54 Å². The lowest BCUT2D eigenvalue weighted by Gasteiger charge is -2.00. The average Bonchev–Trinajstić information content (AvgIpc) is 2.30. The molecule has 0 rings (SSSR count). The van der Waals surface area contributed by atoms with E-state index in [1.54, 1.807) is 6.92 Å². The predicted octanol–water partition coefficient (Wildman–Crippen LogP) is 4.21. The molecule has 1 amide bonds. The zero-order chi connectivity index (χ0) is 12.8. The van der Waals surface area contributed by atoms with Gasteiger partial charge in [0.2, 0.25) is 5.91 Å². The molecule has 0 aliphatic rings. The molecular formula is C15H29NO. The lowest BCUT2D eigenvalue weighted by Crippen LogP contribution is -2.19. The summed E-state index contributed by atoms with van der Waals surface area (Å²) < 4.78 is 0. The van der Waals surface area contributed by atoms with Crippen molar-refractivity contribution < 1.29 is 4.79 Å². The van der Waals surface area contributed by atoms with E-state index >= 15 is 0 Å². The second-order valence-corrected chi connectivity index (χ2v) is 4.67. The first-order valence-electron chi connectivity index (χ1n) is 7.16. The highest BCUT2D eigenvalue weighted by Crippen LogP contribution is 2.09. The van der Waals surface area contributed by atoms with Crippen molar-refractivity contribution in [3.05, 3.63) is 12.2 Å². The van der Waals surface area contributed by atoms with E-state index in [-0.39, 0.29) is 5.91 Å². The van der Waals surface area contributed by atoms with E-state index in [1.807, 2.05) is 6.08 Å². The van der Waals surface area contributed by atoms with E-state index in [4.69, 9.17) is 0 Å². The maximum absolute atomic E-state index is 10.6. The third-order valence-corrected chi connectivity index (χ3v) is 2.86. The first kappa shape index (κ1) is 16.2. The molecule has 0 atom stereocenters. The number of unbranched alkanes of at least 4 members (excludes halogenated alkanes) is 8. The van der Waals surface area contributed by atoms with Crippen LogP contribution in [-0.4, -0.2) is 12.5 Å². The van der Waals surface area contributed by atoms with E-state index in [0.717, 1.165) is 6.42 Å². The van der Waals surface area contributed by atoms with Gasteiger partial charge in [-0.25, -0.2) is 0 Å². The Bertz CT molecular complexity index is 199. The Kier molecular flexibility index (Phi) is 12.7. The molecule has 17 heavy (non-hydrogen) atoms. The Hall–Kier alpha value is -0.790. The lowest BCUT2D eigenvalue weighted by molar-refractivity contribution is -0.118. The molecule has 0 fully saturated rings. The van der Waals surface area contributed by atoms with Gasteiger partial charge in [0.15, 0.2) is 0 Å². The Morgan fingerprint density at radius 3 is 2.12 bits per heavy atom. The van der Waals surface area contributed by atoms with Crippen molar-refractivity contribution in [2.45, 2.75) is 71.6 Å². The summed E-state index contributed by atoms with van der Waals surface area (Å²) in [4.78, 5) is 10.6. The molecule has 0 radical (unpaired) electrons. The molecule has 2 nitrogen and oxygen atoms in total. The number of amides is 1. The van der Waals surface area contributed by atoms with E-state index in [9.17, 15) is 4.79 Å². The summed E-state index contributed by atoms with van der Waals surface area (Å²) in [7, 11) is 0. The third-order valence-electron chi connectivity index (χ3n) is 2.86. The zero-order valence-electron chi connectivity index (χ0n) is 11.6. The van der Waals surface area contributed by atoms with Crippen LogP contribution in [-0.2, 0) is 4.79 Å². The molecule has 0 aromatic rings. The molecule has 2 heteroatoms. The number of nitrogens with one attached hydrogen (secondary N) is 1. The van der Waals surface area contributed by atoms with Crippen LogP contribution in [0.4, 0.5) is 0 Å². The minimum Gasteiger partial charge on any atom is -0.353 e. The molecule has 0 aromatic heterocycles. The van der Waals surface area contributed by atoms with Crippen molar-refractivity contribution in [1.82, 2.24) is 5.32 Å². The molecule has 0 aliphatic heterocycles. The fraction of sp³-hybridized carbons (Fsp3) is 0.800. The van der Waals surface area contributed by atoms with Crippen LogP contribution in [0.3, 0.4) is 0 Å². The normalized spacial score (nSPS) is 10.9. The van der Waals surface area contributed by atoms with E-state index in [1.165, 1.54) is 51.4 Å². The standard InChI is InChI=1S/C15H29NO/c1-3-4-5-6-7-8-9-10-11-12-13-14-16-15(2)17/h12-13H,3-11,14H2,1-2H3,(H,16,17)/b13-12+. The Balaban J connectivity index is 3.05. The van der Waals surface area contributed by atoms with Gasteiger partial charge in [-0.2, -0.15) is 0 Å². The molecule has 0 saturated heterocycles. The van der Waals surface area contributed by atoms with Gasteiger partial charge in [-0.15, -0.1) is 0 Å². The highest BCUT2D eigenvalue weighted by Gasteiger charge is 1.90. The maximum Gasteiger partial charge on any atom is 0.217 e. The van der Waals surface area contributed by atoms with Gasteiger partial charge in [0.25, 0.3) is 0 Å². The fourth-order valence-electron chi connectivity index (χ4n) is 1.80. The number of carbonyl (C=O) groups excluding carboxylic acids is 1. The lowest BCUT2D eigenvalue weighted by atomic mass is 10.1. The third kappa shape index (κ3) is 15.2. The summed E-state index contributed by atoms with van der Waals surface area (Å²) in [5, 5.41) is 2.75. The van der Waals surface area contributed by atoms with Gasteiger partial charge < -0.3 is 5.32 Å². The van der Waals surface area contributed by atoms with Crippen molar-refractivity contribution in [1.29, 1.82) is 0 Å². The predicted molar refractivity (Wildman–Crippen MR) is 75.1 cm³/mol. The minimum atomic E-state index is 0.0433. The number of allylic oxidation sites excluding steroid dienone is 1. The quantitative estimate of drug-likeness (QED) is 0.425. The van der Waals surface area contributed by atoms with E-state index < -0.39 is 0 Å². The number of hydrogen-bond donors (Lipinski definition) is 1. The van der Waals surface area contributed by atoms with Crippen molar-refractivity contribution in [3.63, 3.8) is 0 Å². The molecule has 0 aromatic carbocycles. The van der Waals surface area contributed by atoms with Gasteiger partial charge in [0, 0.05) is 13.5 Å². The minimum absolute atomic E-state index is 0.0433. The summed E-state index contributed by atoms with van der Waals surface area (Å²) in [6.07, 6.45) is 16.3. The Morgan fingerprint density at radius 1 is 0.941 bits per heavy atom. The summed E-state index contributed by atoms with van der Waals surface area (Å²) >= 11 is 0. The molecule has 0 heterocycles. The van der Waals surface area contributed by atoms with Gasteiger partial charge in [0.05, 0.1) is 0 Å².